The van der Waals surface area contributed by atoms with E-state index in [9.17, 15) is 8.78 Å². The first kappa shape index (κ1) is 8.87. The van der Waals surface area contributed by atoms with Crippen molar-refractivity contribution in [1.29, 1.82) is 0 Å². The van der Waals surface area contributed by atoms with Gasteiger partial charge in [0, 0.05) is 6.04 Å². The van der Waals surface area contributed by atoms with E-state index in [1.165, 1.54) is 12.1 Å². The Hall–Kier alpha value is -1.22. The van der Waals surface area contributed by atoms with Gasteiger partial charge in [0.1, 0.15) is 0 Å². The number of halogens is 2. The fourth-order valence-corrected chi connectivity index (χ4v) is 0.856. The second-order valence-corrected chi connectivity index (χ2v) is 2.44. The molecule has 0 amide bonds. The Morgan fingerprint density at radius 3 is 2.50 bits per heavy atom. The predicted octanol–water partition coefficient (Wildman–Crippen LogP) is 2.15. The molecule has 1 aromatic rings. The Morgan fingerprint density at radius 2 is 2.00 bits per heavy atom. The third-order valence-electron chi connectivity index (χ3n) is 1.58. The smallest absolute Gasteiger partial charge is 0.159 e. The molecule has 1 nitrogen and oxygen atoms in total. The zero-order chi connectivity index (χ0) is 9.14. The number of hydrogen-bond acceptors (Lipinski definition) is 1. The first-order chi connectivity index (χ1) is 5.65. The number of nitrogens with two attached hydrogens (primary N) is 1. The molecule has 1 rings (SSSR count). The highest BCUT2D eigenvalue weighted by Gasteiger charge is 2.05. The van der Waals surface area contributed by atoms with E-state index in [0.29, 0.717) is 5.56 Å². The topological polar surface area (TPSA) is 26.0 Å². The monoisotopic (exact) mass is 169 g/mol. The van der Waals surface area contributed by atoms with Crippen molar-refractivity contribution in [3.05, 3.63) is 48.1 Å². The highest BCUT2D eigenvalue weighted by Crippen LogP contribution is 2.14. The van der Waals surface area contributed by atoms with Crippen LogP contribution in [0.5, 0.6) is 0 Å². The van der Waals surface area contributed by atoms with E-state index in [2.05, 4.69) is 6.58 Å². The van der Waals surface area contributed by atoms with Crippen LogP contribution in [0.2, 0.25) is 0 Å². The first-order valence-corrected chi connectivity index (χ1v) is 3.48. The lowest BCUT2D eigenvalue weighted by Gasteiger charge is -2.05. The molecule has 0 aliphatic carbocycles. The molecule has 0 saturated heterocycles. The predicted molar refractivity (Wildman–Crippen MR) is 43.5 cm³/mol. The second-order valence-electron chi connectivity index (χ2n) is 2.44. The van der Waals surface area contributed by atoms with Crippen molar-refractivity contribution < 1.29 is 8.78 Å². The fourth-order valence-electron chi connectivity index (χ4n) is 0.856. The lowest BCUT2D eigenvalue weighted by molar-refractivity contribution is 0.506. The molecule has 0 aromatic heterocycles. The summed E-state index contributed by atoms with van der Waals surface area (Å²) < 4.78 is 25.0. The molecule has 1 atom stereocenters. The quantitative estimate of drug-likeness (QED) is 0.674. The molecule has 3 heteroatoms. The zero-order valence-corrected chi connectivity index (χ0v) is 6.43. The van der Waals surface area contributed by atoms with Crippen molar-refractivity contribution in [2.75, 3.05) is 0 Å². The van der Waals surface area contributed by atoms with Gasteiger partial charge in [-0.15, -0.1) is 6.58 Å². The molecule has 0 aliphatic heterocycles. The first-order valence-electron chi connectivity index (χ1n) is 3.48. The molecule has 12 heavy (non-hydrogen) atoms. The molecule has 0 aliphatic rings. The van der Waals surface area contributed by atoms with Gasteiger partial charge < -0.3 is 5.73 Å². The summed E-state index contributed by atoms with van der Waals surface area (Å²) in [6, 6.07) is 3.11. The normalized spacial score (nSPS) is 12.6. The number of benzene rings is 1. The van der Waals surface area contributed by atoms with Crippen molar-refractivity contribution in [3.8, 4) is 0 Å². The molecule has 0 bridgehead atoms. The van der Waals surface area contributed by atoms with Gasteiger partial charge in [-0.3, -0.25) is 0 Å². The van der Waals surface area contributed by atoms with Crippen LogP contribution in [0.3, 0.4) is 0 Å². The standard InChI is InChI=1S/C9H9F2N/c1-2-9(12)6-3-4-7(10)8(11)5-6/h2-5,9H,1,12H2/t9-/m0/s1. The minimum absolute atomic E-state index is 0.444. The van der Waals surface area contributed by atoms with E-state index < -0.39 is 17.7 Å². The average Bonchev–Trinajstić information content (AvgIpc) is 2.08. The summed E-state index contributed by atoms with van der Waals surface area (Å²) in [5.74, 6) is -1.75. The van der Waals surface area contributed by atoms with E-state index >= 15 is 0 Å². The minimum Gasteiger partial charge on any atom is -0.321 e. The molecular formula is C9H9F2N. The fraction of sp³-hybridized carbons (Fsp3) is 0.111. The number of rotatable bonds is 2. The number of hydrogen-bond donors (Lipinski definition) is 1. The Bertz CT molecular complexity index is 297. The van der Waals surface area contributed by atoms with Crippen molar-refractivity contribution in [2.24, 2.45) is 5.73 Å². The Morgan fingerprint density at radius 1 is 1.33 bits per heavy atom. The molecule has 0 saturated carbocycles. The van der Waals surface area contributed by atoms with Crippen molar-refractivity contribution in [1.82, 2.24) is 0 Å². The van der Waals surface area contributed by atoms with Crippen LogP contribution in [0.4, 0.5) is 8.78 Å². The van der Waals surface area contributed by atoms with Crippen LogP contribution < -0.4 is 5.73 Å². The largest absolute Gasteiger partial charge is 0.321 e. The van der Waals surface area contributed by atoms with E-state index in [0.717, 1.165) is 12.1 Å². The maximum Gasteiger partial charge on any atom is 0.159 e. The molecule has 64 valence electrons. The Kier molecular flexibility index (Phi) is 2.55. The Balaban J connectivity index is 3.04. The average molecular weight is 169 g/mol. The van der Waals surface area contributed by atoms with Gasteiger partial charge in [0.25, 0.3) is 0 Å². The van der Waals surface area contributed by atoms with E-state index in [1.54, 1.807) is 0 Å². The van der Waals surface area contributed by atoms with Gasteiger partial charge in [-0.25, -0.2) is 8.78 Å². The van der Waals surface area contributed by atoms with Crippen LogP contribution >= 0.6 is 0 Å². The molecule has 2 N–H and O–H groups in total. The van der Waals surface area contributed by atoms with Crippen molar-refractivity contribution in [2.45, 2.75) is 6.04 Å². The summed E-state index contributed by atoms with van der Waals surface area (Å²) in [4.78, 5) is 0. The van der Waals surface area contributed by atoms with E-state index in [1.807, 2.05) is 0 Å². The van der Waals surface area contributed by atoms with Gasteiger partial charge in [0.15, 0.2) is 11.6 Å². The summed E-state index contributed by atoms with van der Waals surface area (Å²) >= 11 is 0. The lowest BCUT2D eigenvalue weighted by Crippen LogP contribution is -2.06. The van der Waals surface area contributed by atoms with Crippen LogP contribution in [-0.2, 0) is 0 Å². The van der Waals surface area contributed by atoms with Gasteiger partial charge in [0.05, 0.1) is 0 Å². The molecule has 0 heterocycles. The molecule has 0 fully saturated rings. The van der Waals surface area contributed by atoms with Crippen LogP contribution in [0.15, 0.2) is 30.9 Å². The van der Waals surface area contributed by atoms with Crippen molar-refractivity contribution in [3.63, 3.8) is 0 Å². The maximum absolute atomic E-state index is 12.6. The summed E-state index contributed by atoms with van der Waals surface area (Å²) in [6.45, 7) is 3.45. The van der Waals surface area contributed by atoms with Gasteiger partial charge in [0.2, 0.25) is 0 Å². The lowest BCUT2D eigenvalue weighted by atomic mass is 10.1. The highest BCUT2D eigenvalue weighted by molar-refractivity contribution is 5.23. The van der Waals surface area contributed by atoms with Gasteiger partial charge >= 0.3 is 0 Å². The third kappa shape index (κ3) is 1.68. The molecule has 1 aromatic carbocycles. The molecule has 0 unspecified atom stereocenters. The van der Waals surface area contributed by atoms with Gasteiger partial charge in [-0.2, -0.15) is 0 Å². The second kappa shape index (κ2) is 3.45. The highest BCUT2D eigenvalue weighted by atomic mass is 19.2. The van der Waals surface area contributed by atoms with Crippen LogP contribution in [0, 0.1) is 11.6 Å². The third-order valence-corrected chi connectivity index (χ3v) is 1.58. The van der Waals surface area contributed by atoms with Crippen LogP contribution in [0.1, 0.15) is 11.6 Å². The van der Waals surface area contributed by atoms with E-state index in [-0.39, 0.29) is 0 Å². The zero-order valence-electron chi connectivity index (χ0n) is 6.43. The molecule has 0 spiro atoms. The van der Waals surface area contributed by atoms with Crippen LogP contribution in [-0.4, -0.2) is 0 Å². The van der Waals surface area contributed by atoms with Gasteiger partial charge in [-0.05, 0) is 17.7 Å². The summed E-state index contributed by atoms with van der Waals surface area (Å²) in [7, 11) is 0. The summed E-state index contributed by atoms with van der Waals surface area (Å²) in [6.07, 6.45) is 1.46. The summed E-state index contributed by atoms with van der Waals surface area (Å²) in [5, 5.41) is 0. The van der Waals surface area contributed by atoms with E-state index in [4.69, 9.17) is 5.73 Å². The molecule has 0 radical (unpaired) electrons. The Labute approximate surface area is 69.5 Å². The maximum atomic E-state index is 12.6. The summed E-state index contributed by atoms with van der Waals surface area (Å²) in [5.41, 5.74) is 6.02. The van der Waals surface area contributed by atoms with Crippen molar-refractivity contribution >= 4 is 0 Å². The van der Waals surface area contributed by atoms with Gasteiger partial charge in [-0.1, -0.05) is 12.1 Å². The SMILES string of the molecule is C=C[C@H](N)c1ccc(F)c(F)c1. The van der Waals surface area contributed by atoms with Crippen LogP contribution in [0.25, 0.3) is 0 Å². The minimum atomic E-state index is -0.884. The molecular weight excluding hydrogens is 160 g/mol.